The molecule has 0 aromatic heterocycles. The SMILES string of the molecule is CC(C=O)(CC(=O)O)NC(=O)CN1C(=O)[C@@H](NC(=O)c2ccccc2)N(C(=O)OC2CCOC2)c2ccccc21. The first kappa shape index (κ1) is 28.2. The van der Waals surface area contributed by atoms with E-state index in [2.05, 4.69) is 10.6 Å². The Morgan fingerprint density at radius 3 is 2.40 bits per heavy atom. The molecular weight excluding hydrogens is 524 g/mol. The average Bonchev–Trinajstić information content (AvgIpc) is 3.44. The maximum absolute atomic E-state index is 13.8. The van der Waals surface area contributed by atoms with Crippen LogP contribution in [0, 0.1) is 0 Å². The number of hydrogen-bond acceptors (Lipinski definition) is 8. The van der Waals surface area contributed by atoms with Gasteiger partial charge in [-0.15, -0.1) is 0 Å². The zero-order valence-corrected chi connectivity index (χ0v) is 21.6. The van der Waals surface area contributed by atoms with Gasteiger partial charge >= 0.3 is 12.1 Å². The fourth-order valence-electron chi connectivity index (χ4n) is 4.44. The molecule has 0 aliphatic carbocycles. The Labute approximate surface area is 229 Å². The highest BCUT2D eigenvalue weighted by molar-refractivity contribution is 6.15. The van der Waals surface area contributed by atoms with E-state index in [9.17, 15) is 28.8 Å². The van der Waals surface area contributed by atoms with Crippen LogP contribution < -0.4 is 20.4 Å². The van der Waals surface area contributed by atoms with Crippen LogP contribution in [0.1, 0.15) is 30.1 Å². The average molecular weight is 553 g/mol. The molecule has 3 N–H and O–H groups in total. The highest BCUT2D eigenvalue weighted by atomic mass is 16.6. The van der Waals surface area contributed by atoms with E-state index < -0.39 is 60.6 Å². The molecule has 0 spiro atoms. The Balaban J connectivity index is 1.68. The highest BCUT2D eigenvalue weighted by Gasteiger charge is 2.45. The van der Waals surface area contributed by atoms with Crippen LogP contribution in [0.3, 0.4) is 0 Å². The zero-order valence-electron chi connectivity index (χ0n) is 21.6. The van der Waals surface area contributed by atoms with Crippen molar-refractivity contribution in [2.75, 3.05) is 29.6 Å². The number of aliphatic carboxylic acids is 1. The number of amides is 4. The maximum Gasteiger partial charge on any atom is 0.416 e. The van der Waals surface area contributed by atoms with E-state index in [1.54, 1.807) is 30.3 Å². The quantitative estimate of drug-likeness (QED) is 0.385. The van der Waals surface area contributed by atoms with Crippen LogP contribution in [0.4, 0.5) is 16.2 Å². The second-order valence-corrected chi connectivity index (χ2v) is 9.55. The normalized spacial score (nSPS) is 19.7. The lowest BCUT2D eigenvalue weighted by Gasteiger charge is -2.41. The van der Waals surface area contributed by atoms with E-state index in [0.717, 1.165) is 9.80 Å². The Hall–Kier alpha value is -4.78. The summed E-state index contributed by atoms with van der Waals surface area (Å²) in [5.41, 5.74) is -1.15. The van der Waals surface area contributed by atoms with Gasteiger partial charge in [0.25, 0.3) is 11.8 Å². The molecule has 2 aromatic carbocycles. The van der Waals surface area contributed by atoms with Crippen molar-refractivity contribution in [2.24, 2.45) is 0 Å². The van der Waals surface area contributed by atoms with Gasteiger partial charge in [-0.05, 0) is 31.2 Å². The van der Waals surface area contributed by atoms with Gasteiger partial charge in [0.2, 0.25) is 5.91 Å². The Morgan fingerprint density at radius 2 is 1.77 bits per heavy atom. The molecule has 2 unspecified atom stereocenters. The fraction of sp³-hybridized carbons (Fsp3) is 0.333. The van der Waals surface area contributed by atoms with Crippen LogP contribution in [0.5, 0.6) is 0 Å². The summed E-state index contributed by atoms with van der Waals surface area (Å²) in [6, 6.07) is 14.3. The number of anilines is 2. The summed E-state index contributed by atoms with van der Waals surface area (Å²) in [5, 5.41) is 14.0. The molecule has 40 heavy (non-hydrogen) atoms. The summed E-state index contributed by atoms with van der Waals surface area (Å²) in [6.45, 7) is 1.21. The number of ether oxygens (including phenoxy) is 2. The number of carbonyl (C=O) groups excluding carboxylic acids is 5. The van der Waals surface area contributed by atoms with Crippen LogP contribution >= 0.6 is 0 Å². The van der Waals surface area contributed by atoms with Crippen molar-refractivity contribution in [3.05, 3.63) is 60.2 Å². The smallest absolute Gasteiger partial charge is 0.416 e. The molecule has 4 amide bonds. The van der Waals surface area contributed by atoms with Crippen molar-refractivity contribution in [3.63, 3.8) is 0 Å². The van der Waals surface area contributed by atoms with E-state index >= 15 is 0 Å². The minimum Gasteiger partial charge on any atom is -0.481 e. The number of hydrogen-bond donors (Lipinski definition) is 3. The number of carboxylic acid groups (broad SMARTS) is 1. The summed E-state index contributed by atoms with van der Waals surface area (Å²) < 4.78 is 10.8. The van der Waals surface area contributed by atoms with Crippen molar-refractivity contribution in [1.82, 2.24) is 10.6 Å². The van der Waals surface area contributed by atoms with Crippen LogP contribution in [0.25, 0.3) is 0 Å². The molecule has 2 aromatic rings. The molecule has 0 radical (unpaired) electrons. The molecule has 3 atom stereocenters. The summed E-state index contributed by atoms with van der Waals surface area (Å²) in [7, 11) is 0. The van der Waals surface area contributed by atoms with E-state index in [4.69, 9.17) is 14.6 Å². The number of carbonyl (C=O) groups is 6. The molecule has 13 nitrogen and oxygen atoms in total. The Morgan fingerprint density at radius 1 is 1.10 bits per heavy atom. The predicted octanol–water partition coefficient (Wildman–Crippen LogP) is 1.07. The third-order valence-corrected chi connectivity index (χ3v) is 6.35. The number of nitrogens with one attached hydrogen (secondary N) is 2. The third-order valence-electron chi connectivity index (χ3n) is 6.35. The van der Waals surface area contributed by atoms with Crippen molar-refractivity contribution < 1.29 is 43.3 Å². The fourth-order valence-corrected chi connectivity index (χ4v) is 4.44. The highest BCUT2D eigenvalue weighted by Crippen LogP contribution is 2.36. The molecule has 4 rings (SSSR count). The summed E-state index contributed by atoms with van der Waals surface area (Å²) in [6.07, 6.45) is -2.94. The van der Waals surface area contributed by atoms with Crippen molar-refractivity contribution in [1.29, 1.82) is 0 Å². The zero-order chi connectivity index (χ0) is 28.9. The second kappa shape index (κ2) is 11.9. The van der Waals surface area contributed by atoms with Gasteiger partial charge in [0, 0.05) is 12.0 Å². The summed E-state index contributed by atoms with van der Waals surface area (Å²) >= 11 is 0. The number of aldehydes is 1. The molecule has 13 heteroatoms. The molecular formula is C27H28N4O9. The first-order valence-corrected chi connectivity index (χ1v) is 12.4. The maximum atomic E-state index is 13.8. The van der Waals surface area contributed by atoms with Gasteiger partial charge in [-0.25, -0.2) is 9.69 Å². The van der Waals surface area contributed by atoms with E-state index in [1.165, 1.54) is 31.2 Å². The van der Waals surface area contributed by atoms with Gasteiger partial charge in [0.1, 0.15) is 24.5 Å². The number of nitrogens with zero attached hydrogens (tertiary/aromatic N) is 2. The van der Waals surface area contributed by atoms with Gasteiger partial charge in [-0.3, -0.25) is 24.1 Å². The van der Waals surface area contributed by atoms with Crippen molar-refractivity contribution >= 4 is 47.4 Å². The van der Waals surface area contributed by atoms with Crippen LogP contribution in [-0.4, -0.2) is 78.7 Å². The van der Waals surface area contributed by atoms with E-state index in [1.807, 2.05) is 0 Å². The number of fused-ring (bicyclic) bond motifs is 1. The molecule has 2 aliphatic heterocycles. The number of carboxylic acids is 1. The number of para-hydroxylation sites is 2. The largest absolute Gasteiger partial charge is 0.481 e. The van der Waals surface area contributed by atoms with Gasteiger partial charge in [-0.1, -0.05) is 30.3 Å². The molecule has 1 fully saturated rings. The van der Waals surface area contributed by atoms with E-state index in [-0.39, 0.29) is 23.5 Å². The van der Waals surface area contributed by atoms with Gasteiger partial charge in [0.15, 0.2) is 6.17 Å². The number of benzene rings is 2. The standard InChI is InChI=1S/C27H28N4O9/c1-27(16-32,13-22(34)35)29-21(33)14-30-19-9-5-6-10-20(19)31(26(38)40-18-11-12-39-15-18)23(25(30)37)28-24(36)17-7-3-2-4-8-17/h2-10,16,18,23H,11-15H2,1H3,(H,28,36)(H,29,33)(H,34,35)/t18?,23-,27?/m0/s1. The lowest BCUT2D eigenvalue weighted by atomic mass is 10.00. The van der Waals surface area contributed by atoms with E-state index in [0.29, 0.717) is 19.3 Å². The molecule has 1 saturated heterocycles. The Bertz CT molecular complexity index is 1310. The minimum atomic E-state index is -1.72. The van der Waals surface area contributed by atoms with Gasteiger partial charge < -0.3 is 30.0 Å². The molecule has 2 heterocycles. The second-order valence-electron chi connectivity index (χ2n) is 9.55. The lowest BCUT2D eigenvalue weighted by molar-refractivity contribution is -0.140. The molecule has 2 aliphatic rings. The van der Waals surface area contributed by atoms with Crippen molar-refractivity contribution in [2.45, 2.75) is 37.6 Å². The summed E-state index contributed by atoms with van der Waals surface area (Å²) in [5.74, 6) is -3.62. The summed E-state index contributed by atoms with van der Waals surface area (Å²) in [4.78, 5) is 78.1. The molecule has 210 valence electrons. The Kier molecular flexibility index (Phi) is 8.43. The monoisotopic (exact) mass is 552 g/mol. The topological polar surface area (TPSA) is 172 Å². The molecule has 0 saturated carbocycles. The molecule has 0 bridgehead atoms. The van der Waals surface area contributed by atoms with Gasteiger partial charge in [-0.2, -0.15) is 0 Å². The number of rotatable bonds is 9. The van der Waals surface area contributed by atoms with Gasteiger partial charge in [0.05, 0.1) is 31.0 Å². The minimum absolute atomic E-state index is 0.165. The van der Waals surface area contributed by atoms with Crippen LogP contribution in [0.15, 0.2) is 54.6 Å². The lowest BCUT2D eigenvalue weighted by Crippen LogP contribution is -2.64. The first-order chi connectivity index (χ1) is 19.1. The first-order valence-electron chi connectivity index (χ1n) is 12.4. The predicted molar refractivity (Wildman–Crippen MR) is 140 cm³/mol. The van der Waals surface area contributed by atoms with Crippen LogP contribution in [0.2, 0.25) is 0 Å². The third kappa shape index (κ3) is 6.26. The van der Waals surface area contributed by atoms with Crippen LogP contribution in [-0.2, 0) is 28.7 Å². The van der Waals surface area contributed by atoms with Crippen molar-refractivity contribution in [3.8, 4) is 0 Å².